The Morgan fingerprint density at radius 2 is 1.05 bits per heavy atom. The molecule has 112 heavy (non-hydrogen) atoms. The lowest BCUT2D eigenvalue weighted by Gasteiger charge is -2.52. The monoisotopic (exact) mass is 1550 g/mol. The number of aromatic nitrogens is 8. The van der Waals surface area contributed by atoms with Crippen molar-refractivity contribution in [3.05, 3.63) is 113 Å². The highest BCUT2D eigenvalue weighted by atomic mass is 15.4. The highest BCUT2D eigenvalue weighted by Gasteiger charge is 2.50. The molecule has 6 fully saturated rings. The van der Waals surface area contributed by atoms with Crippen molar-refractivity contribution in [2.24, 2.45) is 16.7 Å². The zero-order valence-corrected chi connectivity index (χ0v) is 75.6. The largest absolute Gasteiger partial charge is 0.357 e. The number of aromatic amines is 1. The van der Waals surface area contributed by atoms with Crippen molar-refractivity contribution in [3.8, 4) is 0 Å². The van der Waals surface area contributed by atoms with E-state index < -0.39 is 0 Å². The van der Waals surface area contributed by atoms with E-state index in [0.717, 1.165) is 126 Å². The summed E-state index contributed by atoms with van der Waals surface area (Å²) in [6, 6.07) is 13.6. The standard InChI is InChI=1S/C13H27N2.C11H23N2.C11H17N2.C11H22N.C10H19N2.C10H15N2.C9H16N3.C9H15N3.C8H13N3/c1-12(2)15(3)10-6-13(7-11-15)4-8-14-9-5-13;1-10(2)13(3)6-4-11(5-7-13)8-12-9-11;1-9(2)13-7-3-4-10-5-6-12-8-11(10)13;1-9(2)12(3)8-7-10-5-4-6-11(10)12;1-8(2)12(3)6-9-4-11-5-10(9)7-12;1-8(2)12-4-3-9-5-11-6-10(9)7-12;1-8(2)12-6-5-11-4-3-10-7-9(11)12;1-8(2)12-7-6-11-5-3-4-10-9(11)12;1-6(2)11-5-10-8-7(11)3-4-9-8/h12,14H,4-11H2,1-3H3;10,12H,4-9H2,1-3H3;3-4,7,9,12H,5-6,8H2,1-2H3;9-11H,4-8H2,1-3H3;8,11H,4-7H2,1-3H3;3-4,7-8,11H,5-6H2,1-2H3;5-6,8,10H,3-4,7H2,1-2H3;6-8H,3-5H2,1-2H3;5-6,9H,3-4H2,1-2H3/q7*+1;;/p+2. The first-order valence-electron chi connectivity index (χ1n) is 45.5. The van der Waals surface area contributed by atoms with Gasteiger partial charge in [0, 0.05) is 143 Å². The molecule has 5 aromatic heterocycles. The minimum atomic E-state index is 0.548. The molecule has 3 atom stereocenters. The number of hydrogen-bond donors (Lipinski definition) is 9. The second kappa shape index (κ2) is 39.9. The number of rotatable bonds is 9. The second-order valence-electron chi connectivity index (χ2n) is 39.8. The first kappa shape index (κ1) is 89.2. The van der Waals surface area contributed by atoms with Crippen molar-refractivity contribution in [2.45, 2.75) is 308 Å². The van der Waals surface area contributed by atoms with Gasteiger partial charge in [-0.15, -0.1) is 0 Å². The van der Waals surface area contributed by atoms with Gasteiger partial charge in [-0.3, -0.25) is 5.32 Å². The molecule has 2 spiro atoms. The van der Waals surface area contributed by atoms with Crippen LogP contribution in [-0.4, -0.2) is 202 Å². The number of likely N-dealkylation sites (N-methyl/N-ethyl adjacent to an activating group) is 1. The fourth-order valence-electron chi connectivity index (χ4n) is 19.9. The summed E-state index contributed by atoms with van der Waals surface area (Å²) < 4.78 is 21.3. The maximum Gasteiger partial charge on any atom is 0.357 e. The molecule has 3 unspecified atom stereocenters. The van der Waals surface area contributed by atoms with Crippen LogP contribution >= 0.6 is 0 Å². The van der Waals surface area contributed by atoms with Crippen molar-refractivity contribution < 1.29 is 40.8 Å². The first-order chi connectivity index (χ1) is 53.3. The summed E-state index contributed by atoms with van der Waals surface area (Å²) in [5.41, 5.74) is 12.1. The van der Waals surface area contributed by atoms with Crippen molar-refractivity contribution in [1.29, 1.82) is 0 Å². The van der Waals surface area contributed by atoms with Gasteiger partial charge in [-0.05, 0) is 200 Å². The van der Waals surface area contributed by atoms with Crippen molar-refractivity contribution >= 4 is 11.8 Å². The Morgan fingerprint density at radius 1 is 0.446 bits per heavy atom. The molecule has 628 valence electrons. The van der Waals surface area contributed by atoms with Gasteiger partial charge < -0.3 is 55.1 Å². The number of nitrogens with zero attached hydrogens (tertiary/aromatic N) is 11. The second-order valence-corrected chi connectivity index (χ2v) is 39.8. The fraction of sp³-hybridized carbons (Fsp3) is 0.772. The van der Waals surface area contributed by atoms with E-state index >= 15 is 0 Å². The van der Waals surface area contributed by atoms with Crippen molar-refractivity contribution in [1.82, 2.24) is 46.0 Å². The zero-order valence-electron chi connectivity index (χ0n) is 75.6. The molecule has 0 radical (unpaired) electrons. The minimum Gasteiger partial charge on any atom is -0.349 e. The number of likely N-dealkylation sites (tertiary alicyclic amines) is 3. The van der Waals surface area contributed by atoms with Crippen LogP contribution in [0.25, 0.3) is 0 Å². The highest BCUT2D eigenvalue weighted by molar-refractivity contribution is 5.42. The van der Waals surface area contributed by atoms with Gasteiger partial charge in [0.1, 0.15) is 32.0 Å². The molecule has 5 saturated heterocycles. The molecule has 12 aliphatic heterocycles. The van der Waals surface area contributed by atoms with Crippen LogP contribution < -0.4 is 65.4 Å². The van der Waals surface area contributed by atoms with Gasteiger partial charge in [0.25, 0.3) is 5.82 Å². The average Bonchev–Trinajstić information content (AvgIpc) is 1.60. The minimum absolute atomic E-state index is 0.548. The average molecular weight is 1560 g/mol. The zero-order chi connectivity index (χ0) is 80.8. The summed E-state index contributed by atoms with van der Waals surface area (Å²) in [5.74, 6) is 4.95. The fourth-order valence-corrected chi connectivity index (χ4v) is 19.9. The van der Waals surface area contributed by atoms with E-state index in [-0.39, 0.29) is 0 Å². The third-order valence-corrected chi connectivity index (χ3v) is 29.8. The number of aryl methyl sites for hydroxylation is 1. The van der Waals surface area contributed by atoms with Gasteiger partial charge in [-0.2, -0.15) is 4.57 Å². The number of imidazole rings is 3. The van der Waals surface area contributed by atoms with Crippen molar-refractivity contribution in [2.75, 3.05) is 150 Å². The summed E-state index contributed by atoms with van der Waals surface area (Å²) in [7, 11) is 9.71. The van der Waals surface area contributed by atoms with E-state index in [1.807, 2.05) is 6.33 Å². The predicted octanol–water partition coefficient (Wildman–Crippen LogP) is 11.2. The number of piperidine rings is 3. The number of quaternary nitrogens is 4. The van der Waals surface area contributed by atoms with Gasteiger partial charge in [0.15, 0.2) is 42.1 Å². The summed E-state index contributed by atoms with van der Waals surface area (Å²) in [6.45, 7) is 68.7. The molecule has 18 rings (SSSR count). The molecule has 5 aromatic rings. The van der Waals surface area contributed by atoms with Gasteiger partial charge >= 0.3 is 5.95 Å². The molecule has 20 heteroatoms. The van der Waals surface area contributed by atoms with Crippen LogP contribution in [0, 0.1) is 16.7 Å². The lowest BCUT2D eigenvalue weighted by molar-refractivity contribution is -0.941. The van der Waals surface area contributed by atoms with E-state index in [1.165, 1.54) is 213 Å². The number of nitrogens with one attached hydrogen (secondary N) is 9. The van der Waals surface area contributed by atoms with Crippen LogP contribution in [0.1, 0.15) is 259 Å². The summed E-state index contributed by atoms with van der Waals surface area (Å²) >= 11 is 0. The van der Waals surface area contributed by atoms with E-state index in [4.69, 9.17) is 0 Å². The molecule has 9 N–H and O–H groups in total. The molecule has 0 aromatic carbocycles. The molecule has 1 aliphatic carbocycles. The summed E-state index contributed by atoms with van der Waals surface area (Å²) in [4.78, 5) is 3.22. The SMILES string of the molecule is CC(C)[N+]1(C)CC2=C(CNC2)C1.CC(C)[N+]1(C)CCC2(CC1)CNC2.CC(C)[N+]1(C)CCC2(CCNCC2)CC1.CC(C)[N+]1(C)CCC2CCCC21.CC(C)[n+]1c[nH]c2c1CCN2.CC(C)[n+]1ccc2c(c1)CNC2.CC(C)[n+]1cccc2c1CNCC2.CC(C)n1cc[n+]2c1CNCC2.CC(C)n1cc[n+]2c1NCCC2. The molecule has 1 saturated carbocycles. The molecule has 13 aliphatic rings. The van der Waals surface area contributed by atoms with E-state index in [2.05, 4.69) is 294 Å². The summed E-state index contributed by atoms with van der Waals surface area (Å²) in [6.07, 6.45) is 35.5. The topological polar surface area (TPSA) is 141 Å². The number of anilines is 2. The van der Waals surface area contributed by atoms with E-state index in [0.29, 0.717) is 35.6 Å². The third kappa shape index (κ3) is 22.2. The number of H-pyrrole nitrogens is 1. The lowest BCUT2D eigenvalue weighted by Crippen LogP contribution is -2.63. The Hall–Kier alpha value is -5.13. The van der Waals surface area contributed by atoms with Crippen LogP contribution in [0.2, 0.25) is 0 Å². The van der Waals surface area contributed by atoms with Crippen LogP contribution in [0.5, 0.6) is 0 Å². The van der Waals surface area contributed by atoms with Crippen LogP contribution in [0.3, 0.4) is 0 Å². The Morgan fingerprint density at radius 3 is 1.65 bits per heavy atom. The molecule has 20 nitrogen and oxygen atoms in total. The Bertz CT molecular complexity index is 3650. The lowest BCUT2D eigenvalue weighted by atomic mass is 9.71. The Kier molecular flexibility index (Phi) is 31.8. The van der Waals surface area contributed by atoms with Gasteiger partial charge in [-0.25, -0.2) is 32.4 Å². The normalized spacial score (nSPS) is 24.7. The Balaban J connectivity index is 0.000000134. The van der Waals surface area contributed by atoms with Gasteiger partial charge in [-0.1, -0.05) is 0 Å². The van der Waals surface area contributed by atoms with Crippen LogP contribution in [-0.2, 0) is 52.1 Å². The van der Waals surface area contributed by atoms with E-state index in [1.54, 1.807) is 11.1 Å². The highest BCUT2D eigenvalue weighted by Crippen LogP contribution is 2.44. The third-order valence-electron chi connectivity index (χ3n) is 29.8. The van der Waals surface area contributed by atoms with E-state index in [9.17, 15) is 0 Å². The molecule has 0 amide bonds. The van der Waals surface area contributed by atoms with Gasteiger partial charge in [0.2, 0.25) is 12.1 Å². The summed E-state index contributed by atoms with van der Waals surface area (Å²) in [5, 5.41) is 27.2. The van der Waals surface area contributed by atoms with Gasteiger partial charge in [0.05, 0.1) is 148 Å². The molecule has 0 bridgehead atoms. The molecule has 17 heterocycles. The first-order valence-corrected chi connectivity index (χ1v) is 45.5. The maximum atomic E-state index is 3.49. The number of pyridine rings is 2. The predicted molar refractivity (Wildman–Crippen MR) is 462 cm³/mol. The Labute approximate surface area is 682 Å². The molecular formula is C92H169N20+9. The number of fused-ring (bicyclic) bond motifs is 6. The van der Waals surface area contributed by atoms with Crippen LogP contribution in [0.15, 0.2) is 79.1 Å². The van der Waals surface area contributed by atoms with Crippen LogP contribution in [0.4, 0.5) is 11.8 Å². The molecular weight excluding hydrogens is 1390 g/mol. The quantitative estimate of drug-likeness (QED) is 0.0404. The smallest absolute Gasteiger partial charge is 0.349 e. The number of hydrogen-bond acceptors (Lipinski definition) is 8. The maximum absolute atomic E-state index is 3.49. The van der Waals surface area contributed by atoms with Crippen molar-refractivity contribution in [3.63, 3.8) is 0 Å².